The summed E-state index contributed by atoms with van der Waals surface area (Å²) in [4.78, 5) is 11.0. The molecule has 0 aromatic heterocycles. The van der Waals surface area contributed by atoms with E-state index in [1.807, 2.05) is 6.08 Å². The number of esters is 1. The van der Waals surface area contributed by atoms with E-state index in [-0.39, 0.29) is 12.1 Å². The van der Waals surface area contributed by atoms with Crippen molar-refractivity contribution in [1.82, 2.24) is 0 Å². The van der Waals surface area contributed by atoms with E-state index in [0.29, 0.717) is 19.3 Å². The van der Waals surface area contributed by atoms with E-state index in [9.17, 15) is 15.0 Å². The van der Waals surface area contributed by atoms with Crippen LogP contribution in [0.15, 0.2) is 24.3 Å². The van der Waals surface area contributed by atoms with E-state index in [1.54, 1.807) is 0 Å². The van der Waals surface area contributed by atoms with Crippen LogP contribution in [0.1, 0.15) is 103 Å². The Morgan fingerprint density at radius 3 is 2.33 bits per heavy atom. The zero-order chi connectivity index (χ0) is 22.3. The first-order valence-corrected chi connectivity index (χ1v) is 11.8. The van der Waals surface area contributed by atoms with Gasteiger partial charge in [-0.3, -0.25) is 4.79 Å². The molecule has 0 aromatic carbocycles. The van der Waals surface area contributed by atoms with Gasteiger partial charge in [-0.2, -0.15) is 0 Å². The Kier molecular flexibility index (Phi) is 21.0. The van der Waals surface area contributed by atoms with Crippen molar-refractivity contribution in [1.29, 1.82) is 0 Å². The van der Waals surface area contributed by atoms with Gasteiger partial charge < -0.3 is 14.9 Å². The van der Waals surface area contributed by atoms with Gasteiger partial charge in [-0.1, -0.05) is 75.2 Å². The number of methoxy groups -OCH3 is 1. The van der Waals surface area contributed by atoms with Crippen molar-refractivity contribution in [3.63, 3.8) is 0 Å². The second-order valence-electron chi connectivity index (χ2n) is 7.83. The van der Waals surface area contributed by atoms with Crippen molar-refractivity contribution in [2.75, 3.05) is 7.11 Å². The molecule has 0 spiro atoms. The molecule has 2 atom stereocenters. The lowest BCUT2D eigenvalue weighted by Crippen LogP contribution is -2.08. The van der Waals surface area contributed by atoms with Gasteiger partial charge in [0.05, 0.1) is 13.2 Å². The highest BCUT2D eigenvalue weighted by Gasteiger charge is 2.04. The largest absolute Gasteiger partial charge is 0.469 e. The fourth-order valence-corrected chi connectivity index (χ4v) is 3.15. The minimum atomic E-state index is -0.583. The molecular formula is C26H44O4. The van der Waals surface area contributed by atoms with Crippen LogP contribution in [0.3, 0.4) is 0 Å². The molecule has 0 amide bonds. The fraction of sp³-hybridized carbons (Fsp3) is 0.731. The molecule has 0 heterocycles. The van der Waals surface area contributed by atoms with Crippen molar-refractivity contribution in [2.24, 2.45) is 0 Å². The Hall–Kier alpha value is -1.57. The highest BCUT2D eigenvalue weighted by molar-refractivity contribution is 5.68. The zero-order valence-corrected chi connectivity index (χ0v) is 19.3. The standard InChI is InChI=1S/C26H44O4/c1-3-19-24(27)21-18-22-25(28)20-16-14-12-10-8-6-4-5-7-9-11-13-15-17-23-26(29)30-2/h4,6,10,12,24-25,27-28H,3,5,7-9,11,13-15,17-19,21-23H2,1-2H3. The van der Waals surface area contributed by atoms with Gasteiger partial charge in [-0.25, -0.2) is 0 Å². The van der Waals surface area contributed by atoms with Gasteiger partial charge in [0.15, 0.2) is 0 Å². The number of rotatable bonds is 18. The topological polar surface area (TPSA) is 66.8 Å². The van der Waals surface area contributed by atoms with Crippen LogP contribution in [0.25, 0.3) is 0 Å². The highest BCUT2D eigenvalue weighted by atomic mass is 16.5. The van der Waals surface area contributed by atoms with E-state index < -0.39 is 6.10 Å². The molecule has 0 aliphatic rings. The van der Waals surface area contributed by atoms with E-state index in [4.69, 9.17) is 0 Å². The molecule has 0 aliphatic carbocycles. The van der Waals surface area contributed by atoms with Gasteiger partial charge in [0, 0.05) is 12.8 Å². The lowest BCUT2D eigenvalue weighted by molar-refractivity contribution is -0.140. The number of unbranched alkanes of at least 4 members (excludes halogenated alkanes) is 6. The molecule has 0 saturated heterocycles. The van der Waals surface area contributed by atoms with Crippen LogP contribution in [0.2, 0.25) is 0 Å². The van der Waals surface area contributed by atoms with Gasteiger partial charge in [0.2, 0.25) is 0 Å². The number of aliphatic hydroxyl groups is 2. The van der Waals surface area contributed by atoms with Crippen molar-refractivity contribution in [2.45, 2.75) is 115 Å². The number of ether oxygens (including phenoxy) is 1. The van der Waals surface area contributed by atoms with E-state index in [2.05, 4.69) is 41.7 Å². The summed E-state index contributed by atoms with van der Waals surface area (Å²) in [6, 6.07) is 0. The number of carbonyl (C=O) groups excluding carboxylic acids is 1. The van der Waals surface area contributed by atoms with Crippen LogP contribution in [0, 0.1) is 11.8 Å². The van der Waals surface area contributed by atoms with Crippen molar-refractivity contribution < 1.29 is 19.7 Å². The second kappa shape index (κ2) is 22.1. The van der Waals surface area contributed by atoms with Crippen LogP contribution in [0.4, 0.5) is 0 Å². The predicted molar refractivity (Wildman–Crippen MR) is 125 cm³/mol. The van der Waals surface area contributed by atoms with Crippen LogP contribution < -0.4 is 0 Å². The Morgan fingerprint density at radius 1 is 0.900 bits per heavy atom. The minimum Gasteiger partial charge on any atom is -0.469 e. The molecule has 0 rings (SSSR count). The van der Waals surface area contributed by atoms with Crippen molar-refractivity contribution in [3.8, 4) is 11.8 Å². The zero-order valence-electron chi connectivity index (χ0n) is 19.3. The molecule has 4 nitrogen and oxygen atoms in total. The molecule has 2 N–H and O–H groups in total. The number of hydrogen-bond acceptors (Lipinski definition) is 4. The molecular weight excluding hydrogens is 376 g/mol. The molecule has 0 fully saturated rings. The summed E-state index contributed by atoms with van der Waals surface area (Å²) in [7, 11) is 1.44. The summed E-state index contributed by atoms with van der Waals surface area (Å²) in [6.07, 6.45) is 22.0. The molecule has 0 radical (unpaired) electrons. The number of hydrogen-bond donors (Lipinski definition) is 2. The first kappa shape index (κ1) is 28.4. The Labute approximate surface area is 184 Å². The summed E-state index contributed by atoms with van der Waals surface area (Å²) in [5.41, 5.74) is 0. The number of carbonyl (C=O) groups is 1. The molecule has 4 heteroatoms. The predicted octanol–water partition coefficient (Wildman–Crippen LogP) is 5.87. The SMILES string of the molecule is CCCC(O)CCCC(O)C#CCC=CCC=CCCCCCCCCC(=O)OC. The average molecular weight is 421 g/mol. The maximum absolute atomic E-state index is 11.0. The van der Waals surface area contributed by atoms with Gasteiger partial charge in [-0.15, -0.1) is 0 Å². The van der Waals surface area contributed by atoms with Gasteiger partial charge in [0.1, 0.15) is 6.10 Å². The summed E-state index contributed by atoms with van der Waals surface area (Å²) < 4.78 is 4.63. The Balaban J connectivity index is 3.50. The van der Waals surface area contributed by atoms with Gasteiger partial charge in [0.25, 0.3) is 0 Å². The normalized spacial score (nSPS) is 13.3. The smallest absolute Gasteiger partial charge is 0.305 e. The third kappa shape index (κ3) is 21.1. The molecule has 0 aromatic rings. The summed E-state index contributed by atoms with van der Waals surface area (Å²) >= 11 is 0. The maximum atomic E-state index is 11.0. The molecule has 0 saturated carbocycles. The quantitative estimate of drug-likeness (QED) is 0.126. The lowest BCUT2D eigenvalue weighted by atomic mass is 10.1. The number of aliphatic hydroxyl groups excluding tert-OH is 2. The Morgan fingerprint density at radius 2 is 1.60 bits per heavy atom. The summed E-state index contributed by atoms with van der Waals surface area (Å²) in [6.45, 7) is 2.06. The molecule has 30 heavy (non-hydrogen) atoms. The van der Waals surface area contributed by atoms with E-state index >= 15 is 0 Å². The second-order valence-corrected chi connectivity index (χ2v) is 7.83. The third-order valence-corrected chi connectivity index (χ3v) is 4.96. The van der Waals surface area contributed by atoms with Gasteiger partial charge in [-0.05, 0) is 51.4 Å². The van der Waals surface area contributed by atoms with Gasteiger partial charge >= 0.3 is 5.97 Å². The minimum absolute atomic E-state index is 0.103. The molecule has 172 valence electrons. The van der Waals surface area contributed by atoms with Crippen molar-refractivity contribution in [3.05, 3.63) is 24.3 Å². The lowest BCUT2D eigenvalue weighted by Gasteiger charge is -2.09. The maximum Gasteiger partial charge on any atom is 0.305 e. The first-order valence-electron chi connectivity index (χ1n) is 11.8. The van der Waals surface area contributed by atoms with Crippen LogP contribution in [-0.4, -0.2) is 35.5 Å². The fourth-order valence-electron chi connectivity index (χ4n) is 3.15. The van der Waals surface area contributed by atoms with Crippen LogP contribution in [0.5, 0.6) is 0 Å². The monoisotopic (exact) mass is 420 g/mol. The first-order chi connectivity index (χ1) is 14.6. The summed E-state index contributed by atoms with van der Waals surface area (Å²) in [5, 5.41) is 19.5. The Bertz CT molecular complexity index is 513. The van der Waals surface area contributed by atoms with Crippen molar-refractivity contribution >= 4 is 5.97 Å². The van der Waals surface area contributed by atoms with E-state index in [1.165, 1.54) is 32.8 Å². The van der Waals surface area contributed by atoms with E-state index in [0.717, 1.165) is 51.4 Å². The number of allylic oxidation sites excluding steroid dienone is 4. The molecule has 0 bridgehead atoms. The molecule has 0 aliphatic heterocycles. The average Bonchev–Trinajstić information content (AvgIpc) is 2.73. The molecule has 2 unspecified atom stereocenters. The highest BCUT2D eigenvalue weighted by Crippen LogP contribution is 2.10. The third-order valence-electron chi connectivity index (χ3n) is 4.96. The summed E-state index contributed by atoms with van der Waals surface area (Å²) in [5.74, 6) is 5.77. The van der Waals surface area contributed by atoms with Crippen LogP contribution >= 0.6 is 0 Å². The van der Waals surface area contributed by atoms with Crippen LogP contribution in [-0.2, 0) is 9.53 Å².